The summed E-state index contributed by atoms with van der Waals surface area (Å²) in [5.74, 6) is 0. The average Bonchev–Trinajstić information content (AvgIpc) is 2.25. The Kier molecular flexibility index (Phi) is 5.58. The van der Waals surface area contributed by atoms with Gasteiger partial charge in [-0.2, -0.15) is 0 Å². The highest BCUT2D eigenvalue weighted by Gasteiger charge is 2.32. The summed E-state index contributed by atoms with van der Waals surface area (Å²) in [7, 11) is 0. The van der Waals surface area contributed by atoms with Crippen molar-refractivity contribution in [3.05, 3.63) is 0 Å². The number of aliphatic hydroxyl groups is 1. The van der Waals surface area contributed by atoms with Gasteiger partial charge < -0.3 is 15.6 Å². The Morgan fingerprint density at radius 3 is 2.93 bits per heavy atom. The summed E-state index contributed by atoms with van der Waals surface area (Å²) >= 11 is 0. The SMILES string of the molecule is CCCCCOC1CCCC(N)(CO)C1. The molecule has 1 aliphatic carbocycles. The van der Waals surface area contributed by atoms with Crippen LogP contribution >= 0.6 is 0 Å². The van der Waals surface area contributed by atoms with Crippen molar-refractivity contribution in [1.82, 2.24) is 0 Å². The fraction of sp³-hybridized carbons (Fsp3) is 1.00. The van der Waals surface area contributed by atoms with Crippen molar-refractivity contribution >= 4 is 0 Å². The fourth-order valence-electron chi connectivity index (χ4n) is 2.23. The molecule has 1 fully saturated rings. The molecule has 2 unspecified atom stereocenters. The number of aliphatic hydroxyl groups excluding tert-OH is 1. The quantitative estimate of drug-likeness (QED) is 0.665. The summed E-state index contributed by atoms with van der Waals surface area (Å²) in [6, 6.07) is 0. The molecule has 0 radical (unpaired) electrons. The molecule has 90 valence electrons. The molecule has 3 heteroatoms. The van der Waals surface area contributed by atoms with Crippen LogP contribution in [0.15, 0.2) is 0 Å². The van der Waals surface area contributed by atoms with Crippen molar-refractivity contribution in [3.8, 4) is 0 Å². The Labute approximate surface area is 93.0 Å². The van der Waals surface area contributed by atoms with Crippen LogP contribution in [-0.2, 0) is 4.74 Å². The molecule has 0 heterocycles. The smallest absolute Gasteiger partial charge is 0.0612 e. The third-order valence-electron chi connectivity index (χ3n) is 3.25. The van der Waals surface area contributed by atoms with Crippen LogP contribution in [0, 0.1) is 0 Å². The molecule has 1 aliphatic rings. The number of unbranched alkanes of at least 4 members (excludes halogenated alkanes) is 2. The van der Waals surface area contributed by atoms with E-state index in [-0.39, 0.29) is 18.2 Å². The molecule has 0 saturated heterocycles. The van der Waals surface area contributed by atoms with Crippen molar-refractivity contribution in [1.29, 1.82) is 0 Å². The Morgan fingerprint density at radius 2 is 2.27 bits per heavy atom. The molecule has 0 bridgehead atoms. The molecular weight excluding hydrogens is 190 g/mol. The summed E-state index contributed by atoms with van der Waals surface area (Å²) < 4.78 is 5.79. The van der Waals surface area contributed by atoms with E-state index in [1.165, 1.54) is 12.8 Å². The molecule has 0 aromatic carbocycles. The first-order chi connectivity index (χ1) is 7.20. The predicted molar refractivity (Wildman–Crippen MR) is 61.7 cm³/mol. The van der Waals surface area contributed by atoms with Crippen LogP contribution in [0.25, 0.3) is 0 Å². The number of nitrogens with two attached hydrogens (primary N) is 1. The van der Waals surface area contributed by atoms with Crippen molar-refractivity contribution in [2.75, 3.05) is 13.2 Å². The summed E-state index contributed by atoms with van der Waals surface area (Å²) in [6.07, 6.45) is 7.80. The first-order valence-corrected chi connectivity index (χ1v) is 6.21. The maximum Gasteiger partial charge on any atom is 0.0612 e. The second-order valence-electron chi connectivity index (χ2n) is 4.82. The minimum atomic E-state index is -0.381. The fourth-order valence-corrected chi connectivity index (χ4v) is 2.23. The van der Waals surface area contributed by atoms with Gasteiger partial charge in [-0.3, -0.25) is 0 Å². The summed E-state index contributed by atoms with van der Waals surface area (Å²) in [5.41, 5.74) is 5.67. The van der Waals surface area contributed by atoms with Crippen molar-refractivity contribution < 1.29 is 9.84 Å². The van der Waals surface area contributed by atoms with Crippen LogP contribution in [-0.4, -0.2) is 30.0 Å². The highest BCUT2D eigenvalue weighted by Crippen LogP contribution is 2.27. The summed E-state index contributed by atoms with van der Waals surface area (Å²) in [5, 5.41) is 9.20. The number of hydrogen-bond acceptors (Lipinski definition) is 3. The lowest BCUT2D eigenvalue weighted by atomic mass is 9.81. The Hall–Kier alpha value is -0.120. The standard InChI is InChI=1S/C12H25NO2/c1-2-3-4-8-15-11-6-5-7-12(13,9-11)10-14/h11,14H,2-10,13H2,1H3. The minimum Gasteiger partial charge on any atom is -0.394 e. The molecule has 1 rings (SSSR count). The summed E-state index contributed by atoms with van der Waals surface area (Å²) in [6.45, 7) is 3.12. The van der Waals surface area contributed by atoms with E-state index in [9.17, 15) is 5.11 Å². The molecule has 0 amide bonds. The van der Waals surface area contributed by atoms with E-state index in [1.54, 1.807) is 0 Å². The molecule has 1 saturated carbocycles. The third-order valence-corrected chi connectivity index (χ3v) is 3.25. The Balaban J connectivity index is 2.18. The van der Waals surface area contributed by atoms with Gasteiger partial charge in [0.2, 0.25) is 0 Å². The van der Waals surface area contributed by atoms with Gasteiger partial charge in [0.25, 0.3) is 0 Å². The predicted octanol–water partition coefficient (Wildman–Crippen LogP) is 1.83. The minimum absolute atomic E-state index is 0.0851. The van der Waals surface area contributed by atoms with Gasteiger partial charge >= 0.3 is 0 Å². The molecule has 0 aromatic heterocycles. The maximum absolute atomic E-state index is 9.20. The van der Waals surface area contributed by atoms with Gasteiger partial charge in [-0.05, 0) is 32.1 Å². The molecule has 2 atom stereocenters. The third kappa shape index (κ3) is 4.49. The van der Waals surface area contributed by atoms with Crippen LogP contribution in [0.2, 0.25) is 0 Å². The van der Waals surface area contributed by atoms with Crippen molar-refractivity contribution in [2.24, 2.45) is 5.73 Å². The van der Waals surface area contributed by atoms with Gasteiger partial charge in [0.15, 0.2) is 0 Å². The van der Waals surface area contributed by atoms with Gasteiger partial charge in [0.1, 0.15) is 0 Å². The van der Waals surface area contributed by atoms with E-state index in [1.807, 2.05) is 0 Å². The number of hydrogen-bond donors (Lipinski definition) is 2. The van der Waals surface area contributed by atoms with Crippen LogP contribution in [0.4, 0.5) is 0 Å². The maximum atomic E-state index is 9.20. The lowest BCUT2D eigenvalue weighted by Gasteiger charge is -2.36. The Bertz CT molecular complexity index is 175. The molecule has 0 spiro atoms. The largest absolute Gasteiger partial charge is 0.394 e. The Morgan fingerprint density at radius 1 is 1.47 bits per heavy atom. The molecule has 0 aromatic rings. The molecular formula is C12H25NO2. The van der Waals surface area contributed by atoms with E-state index in [0.717, 1.165) is 38.7 Å². The highest BCUT2D eigenvalue weighted by molar-refractivity contribution is 4.90. The zero-order valence-corrected chi connectivity index (χ0v) is 9.87. The van der Waals surface area contributed by atoms with E-state index in [4.69, 9.17) is 10.5 Å². The van der Waals surface area contributed by atoms with E-state index in [2.05, 4.69) is 6.92 Å². The van der Waals surface area contributed by atoms with Crippen molar-refractivity contribution in [3.63, 3.8) is 0 Å². The number of rotatable bonds is 6. The second-order valence-corrected chi connectivity index (χ2v) is 4.82. The first kappa shape index (κ1) is 12.9. The molecule has 3 nitrogen and oxygen atoms in total. The van der Waals surface area contributed by atoms with Gasteiger partial charge in [-0.25, -0.2) is 0 Å². The van der Waals surface area contributed by atoms with Crippen LogP contribution in [0.3, 0.4) is 0 Å². The first-order valence-electron chi connectivity index (χ1n) is 6.21. The van der Waals surface area contributed by atoms with E-state index in [0.29, 0.717) is 0 Å². The summed E-state index contributed by atoms with van der Waals surface area (Å²) in [4.78, 5) is 0. The normalized spacial score (nSPS) is 31.8. The molecule has 0 aliphatic heterocycles. The molecule has 15 heavy (non-hydrogen) atoms. The monoisotopic (exact) mass is 215 g/mol. The van der Waals surface area contributed by atoms with Crippen molar-refractivity contribution in [2.45, 2.75) is 63.5 Å². The van der Waals surface area contributed by atoms with Gasteiger partial charge in [-0.1, -0.05) is 19.8 Å². The lowest BCUT2D eigenvalue weighted by Crippen LogP contribution is -2.49. The zero-order valence-electron chi connectivity index (χ0n) is 9.87. The van der Waals surface area contributed by atoms with E-state index < -0.39 is 0 Å². The molecule has 3 N–H and O–H groups in total. The lowest BCUT2D eigenvalue weighted by molar-refractivity contribution is -0.00660. The van der Waals surface area contributed by atoms with Crippen LogP contribution in [0.1, 0.15) is 51.9 Å². The van der Waals surface area contributed by atoms with Gasteiger partial charge in [0, 0.05) is 12.1 Å². The van der Waals surface area contributed by atoms with E-state index >= 15 is 0 Å². The average molecular weight is 215 g/mol. The number of ether oxygens (including phenoxy) is 1. The zero-order chi connectivity index (χ0) is 11.1. The second kappa shape index (κ2) is 6.46. The van der Waals surface area contributed by atoms with Crippen LogP contribution in [0.5, 0.6) is 0 Å². The van der Waals surface area contributed by atoms with Gasteiger partial charge in [-0.15, -0.1) is 0 Å². The highest BCUT2D eigenvalue weighted by atomic mass is 16.5. The topological polar surface area (TPSA) is 55.5 Å². The van der Waals surface area contributed by atoms with Gasteiger partial charge in [0.05, 0.1) is 12.7 Å². The van der Waals surface area contributed by atoms with Crippen LogP contribution < -0.4 is 5.73 Å².